The molecule has 1 rings (SSSR count). The molecular weight excluding hydrogens is 234 g/mol. The van der Waals surface area contributed by atoms with E-state index in [1.165, 1.54) is 5.56 Å². The summed E-state index contributed by atoms with van der Waals surface area (Å²) in [5.41, 5.74) is 2.32. The smallest absolute Gasteiger partial charge is 0.0453 e. The highest BCUT2D eigenvalue weighted by Gasteiger charge is 2.06. The van der Waals surface area contributed by atoms with Gasteiger partial charge in [-0.2, -0.15) is 0 Å². The number of hydrogen-bond donors (Lipinski definition) is 2. The fourth-order valence-corrected chi connectivity index (χ4v) is 2.14. The average molecular weight is 256 g/mol. The van der Waals surface area contributed by atoms with Crippen LogP contribution in [0.5, 0.6) is 0 Å². The van der Waals surface area contributed by atoms with Crippen molar-refractivity contribution in [3.63, 3.8) is 0 Å². The average Bonchev–Trinajstić information content (AvgIpc) is 2.30. The summed E-state index contributed by atoms with van der Waals surface area (Å²) >= 11 is 6.16. The summed E-state index contributed by atoms with van der Waals surface area (Å²) in [6.45, 7) is 6.19. The van der Waals surface area contributed by atoms with E-state index < -0.39 is 0 Å². The molecule has 0 spiro atoms. The normalized spacial score (nSPS) is 12.7. The second-order valence-electron chi connectivity index (χ2n) is 4.51. The van der Waals surface area contributed by atoms with Gasteiger partial charge in [0.25, 0.3) is 0 Å². The second-order valence-corrected chi connectivity index (χ2v) is 4.92. The van der Waals surface area contributed by atoms with Crippen LogP contribution in [0.25, 0.3) is 0 Å². The molecule has 3 heteroatoms. The van der Waals surface area contributed by atoms with Gasteiger partial charge in [-0.3, -0.25) is 0 Å². The molecule has 0 saturated carbocycles. The van der Waals surface area contributed by atoms with Crippen LogP contribution in [0.4, 0.5) is 0 Å². The maximum atomic E-state index is 8.91. The predicted molar refractivity (Wildman–Crippen MR) is 73.4 cm³/mol. The Kier molecular flexibility index (Phi) is 6.56. The molecule has 2 N–H and O–H groups in total. The Labute approximate surface area is 109 Å². The molecule has 1 aromatic carbocycles. The van der Waals surface area contributed by atoms with E-state index in [2.05, 4.69) is 24.4 Å². The van der Waals surface area contributed by atoms with E-state index >= 15 is 0 Å². The van der Waals surface area contributed by atoms with E-state index in [9.17, 15) is 0 Å². The van der Waals surface area contributed by atoms with Gasteiger partial charge in [-0.1, -0.05) is 37.1 Å². The van der Waals surface area contributed by atoms with E-state index in [0.717, 1.165) is 36.5 Å². The first-order valence-corrected chi connectivity index (χ1v) is 6.61. The lowest BCUT2D eigenvalue weighted by molar-refractivity contribution is 0.251. The van der Waals surface area contributed by atoms with E-state index in [-0.39, 0.29) is 6.61 Å². The number of nitrogens with one attached hydrogen (secondary N) is 1. The first-order chi connectivity index (χ1) is 8.17. The molecule has 96 valence electrons. The van der Waals surface area contributed by atoms with E-state index in [0.29, 0.717) is 5.92 Å². The molecule has 0 aliphatic carbocycles. The summed E-state index contributed by atoms with van der Waals surface area (Å²) in [4.78, 5) is 0. The highest BCUT2D eigenvalue weighted by atomic mass is 35.5. The number of aliphatic hydroxyl groups excluding tert-OH is 1. The zero-order valence-electron chi connectivity index (χ0n) is 10.7. The molecule has 0 fully saturated rings. The van der Waals surface area contributed by atoms with Crippen LogP contribution in [0.2, 0.25) is 5.02 Å². The zero-order valence-corrected chi connectivity index (χ0v) is 11.4. The topological polar surface area (TPSA) is 32.3 Å². The minimum Gasteiger partial charge on any atom is -0.396 e. The van der Waals surface area contributed by atoms with Crippen molar-refractivity contribution in [3.8, 4) is 0 Å². The molecule has 1 unspecified atom stereocenters. The van der Waals surface area contributed by atoms with E-state index in [4.69, 9.17) is 16.7 Å². The van der Waals surface area contributed by atoms with Gasteiger partial charge in [0.1, 0.15) is 0 Å². The van der Waals surface area contributed by atoms with Gasteiger partial charge in [-0.05, 0) is 43.0 Å². The summed E-state index contributed by atoms with van der Waals surface area (Å²) in [6, 6.07) is 6.13. The minimum absolute atomic E-state index is 0.269. The standard InChI is InChI=1S/C14H22ClNO/c1-3-12(6-7-17)9-16-10-13-5-4-11(2)8-14(13)15/h4-5,8,12,16-17H,3,6-7,9-10H2,1-2H3. The van der Waals surface area contributed by atoms with Crippen molar-refractivity contribution in [2.75, 3.05) is 13.2 Å². The van der Waals surface area contributed by atoms with Crippen LogP contribution in [-0.4, -0.2) is 18.3 Å². The van der Waals surface area contributed by atoms with Crippen molar-refractivity contribution in [1.82, 2.24) is 5.32 Å². The van der Waals surface area contributed by atoms with Crippen molar-refractivity contribution in [1.29, 1.82) is 0 Å². The highest BCUT2D eigenvalue weighted by molar-refractivity contribution is 6.31. The van der Waals surface area contributed by atoms with Crippen LogP contribution in [0.3, 0.4) is 0 Å². The van der Waals surface area contributed by atoms with Gasteiger partial charge in [0.05, 0.1) is 0 Å². The highest BCUT2D eigenvalue weighted by Crippen LogP contribution is 2.17. The van der Waals surface area contributed by atoms with Gasteiger partial charge in [0.15, 0.2) is 0 Å². The van der Waals surface area contributed by atoms with Crippen molar-refractivity contribution < 1.29 is 5.11 Å². The lowest BCUT2D eigenvalue weighted by Crippen LogP contribution is -2.23. The monoisotopic (exact) mass is 255 g/mol. The quantitative estimate of drug-likeness (QED) is 0.785. The molecule has 2 nitrogen and oxygen atoms in total. The Bertz CT molecular complexity index is 341. The summed E-state index contributed by atoms with van der Waals surface area (Å²) in [5.74, 6) is 0.546. The van der Waals surface area contributed by atoms with E-state index in [1.54, 1.807) is 0 Å². The van der Waals surface area contributed by atoms with Gasteiger partial charge >= 0.3 is 0 Å². The molecule has 17 heavy (non-hydrogen) atoms. The molecule has 1 aromatic rings. The molecular formula is C14H22ClNO. The number of benzene rings is 1. The van der Waals surface area contributed by atoms with Gasteiger partial charge in [0, 0.05) is 18.2 Å². The molecule has 0 aromatic heterocycles. The summed E-state index contributed by atoms with van der Waals surface area (Å²) in [5, 5.41) is 13.1. The lowest BCUT2D eigenvalue weighted by atomic mass is 10.0. The lowest BCUT2D eigenvalue weighted by Gasteiger charge is -2.14. The van der Waals surface area contributed by atoms with Gasteiger partial charge in [-0.15, -0.1) is 0 Å². The van der Waals surface area contributed by atoms with Crippen LogP contribution < -0.4 is 5.32 Å². The van der Waals surface area contributed by atoms with Gasteiger partial charge in [0.2, 0.25) is 0 Å². The van der Waals surface area contributed by atoms with Crippen LogP contribution in [0.15, 0.2) is 18.2 Å². The summed E-state index contributed by atoms with van der Waals surface area (Å²) in [7, 11) is 0. The van der Waals surface area contributed by atoms with Crippen LogP contribution >= 0.6 is 11.6 Å². The first-order valence-electron chi connectivity index (χ1n) is 6.24. The number of aliphatic hydroxyl groups is 1. The van der Waals surface area contributed by atoms with Crippen molar-refractivity contribution >= 4 is 11.6 Å². The molecule has 1 atom stereocenters. The largest absolute Gasteiger partial charge is 0.396 e. The zero-order chi connectivity index (χ0) is 12.7. The Morgan fingerprint density at radius 2 is 2.18 bits per heavy atom. The fourth-order valence-electron chi connectivity index (χ4n) is 1.84. The molecule has 0 amide bonds. The first kappa shape index (κ1) is 14.5. The Morgan fingerprint density at radius 1 is 1.41 bits per heavy atom. The SMILES string of the molecule is CCC(CCO)CNCc1ccc(C)cc1Cl. The van der Waals surface area contributed by atoms with Crippen molar-refractivity contribution in [2.45, 2.75) is 33.2 Å². The predicted octanol–water partition coefficient (Wildman–Crippen LogP) is 3.15. The Hall–Kier alpha value is -0.570. The van der Waals surface area contributed by atoms with Crippen LogP contribution in [-0.2, 0) is 6.54 Å². The molecule has 0 radical (unpaired) electrons. The molecule has 0 aliphatic rings. The maximum absolute atomic E-state index is 8.91. The maximum Gasteiger partial charge on any atom is 0.0453 e. The third-order valence-electron chi connectivity index (χ3n) is 3.07. The summed E-state index contributed by atoms with van der Waals surface area (Å²) < 4.78 is 0. The molecule has 0 heterocycles. The molecule has 0 bridgehead atoms. The number of rotatable bonds is 7. The minimum atomic E-state index is 0.269. The number of hydrogen-bond acceptors (Lipinski definition) is 2. The number of aryl methyl sites for hydroxylation is 1. The third-order valence-corrected chi connectivity index (χ3v) is 3.42. The Balaban J connectivity index is 2.39. The van der Waals surface area contributed by atoms with Crippen LogP contribution in [0.1, 0.15) is 30.9 Å². The Morgan fingerprint density at radius 3 is 2.76 bits per heavy atom. The second kappa shape index (κ2) is 7.70. The van der Waals surface area contributed by atoms with Crippen LogP contribution in [0, 0.1) is 12.8 Å². The fraction of sp³-hybridized carbons (Fsp3) is 0.571. The molecule has 0 saturated heterocycles. The number of halogens is 1. The van der Waals surface area contributed by atoms with Gasteiger partial charge in [-0.25, -0.2) is 0 Å². The van der Waals surface area contributed by atoms with E-state index in [1.807, 2.05) is 13.0 Å². The summed E-state index contributed by atoms with van der Waals surface area (Å²) in [6.07, 6.45) is 1.96. The van der Waals surface area contributed by atoms with Crippen molar-refractivity contribution in [2.24, 2.45) is 5.92 Å². The van der Waals surface area contributed by atoms with Gasteiger partial charge < -0.3 is 10.4 Å². The third kappa shape index (κ3) is 5.07. The van der Waals surface area contributed by atoms with Crippen molar-refractivity contribution in [3.05, 3.63) is 34.3 Å². The molecule has 0 aliphatic heterocycles.